The van der Waals surface area contributed by atoms with E-state index in [1.165, 1.54) is 6.08 Å². The average Bonchev–Trinajstić information content (AvgIpc) is 2.37. The summed E-state index contributed by atoms with van der Waals surface area (Å²) in [5.41, 5.74) is 1.76. The number of halogens is 1. The normalized spacial score (nSPS) is 11.2. The van der Waals surface area contributed by atoms with Crippen LogP contribution in [0.5, 0.6) is 0 Å². The van der Waals surface area contributed by atoms with Gasteiger partial charge in [0.15, 0.2) is 0 Å². The van der Waals surface area contributed by atoms with Crippen LogP contribution in [-0.4, -0.2) is 24.2 Å². The van der Waals surface area contributed by atoms with E-state index in [0.717, 1.165) is 30.2 Å². The summed E-state index contributed by atoms with van der Waals surface area (Å²) in [6, 6.07) is 6.05. The molecule has 104 valence electrons. The Balaban J connectivity index is 2.97. The van der Waals surface area contributed by atoms with Crippen molar-refractivity contribution in [1.29, 1.82) is 0 Å². The van der Waals surface area contributed by atoms with E-state index in [1.807, 2.05) is 19.2 Å². The first kappa shape index (κ1) is 15.6. The Morgan fingerprint density at radius 2 is 2.05 bits per heavy atom. The molecule has 19 heavy (non-hydrogen) atoms. The highest BCUT2D eigenvalue weighted by Gasteiger charge is 2.13. The van der Waals surface area contributed by atoms with Crippen molar-refractivity contribution in [3.8, 4) is 0 Å². The highest BCUT2D eigenvalue weighted by Crippen LogP contribution is 2.29. The van der Waals surface area contributed by atoms with E-state index in [0.29, 0.717) is 11.1 Å². The molecule has 1 rings (SSSR count). The summed E-state index contributed by atoms with van der Waals surface area (Å²) in [4.78, 5) is 12.6. The van der Waals surface area contributed by atoms with Gasteiger partial charge < -0.3 is 10.0 Å². The van der Waals surface area contributed by atoms with Gasteiger partial charge in [-0.05, 0) is 36.6 Å². The smallest absolute Gasteiger partial charge is 0.328 e. The van der Waals surface area contributed by atoms with Crippen LogP contribution in [0.25, 0.3) is 6.08 Å². The van der Waals surface area contributed by atoms with Crippen molar-refractivity contribution in [2.45, 2.75) is 32.7 Å². The minimum Gasteiger partial charge on any atom is -0.478 e. The molecular formula is C15H20ClNO2. The van der Waals surface area contributed by atoms with E-state index < -0.39 is 5.97 Å². The molecule has 0 aliphatic heterocycles. The quantitative estimate of drug-likeness (QED) is 0.799. The molecule has 0 unspecified atom stereocenters. The summed E-state index contributed by atoms with van der Waals surface area (Å²) in [6.07, 6.45) is 4.76. The Hall–Kier alpha value is -1.48. The largest absolute Gasteiger partial charge is 0.478 e. The fourth-order valence-corrected chi connectivity index (χ4v) is 2.44. The summed E-state index contributed by atoms with van der Waals surface area (Å²) >= 11 is 6.27. The minimum absolute atomic E-state index is 0.456. The standard InChI is InChI=1S/C15H20ClNO2/c1-4-12(5-2)17(3)14-8-6-11(10-13(14)16)7-9-15(18)19/h6-10,12H,4-5H2,1-3H3,(H,18,19)/b9-7+. The van der Waals surface area contributed by atoms with Crippen molar-refractivity contribution in [3.63, 3.8) is 0 Å². The van der Waals surface area contributed by atoms with Crippen molar-refractivity contribution in [3.05, 3.63) is 34.9 Å². The van der Waals surface area contributed by atoms with E-state index in [-0.39, 0.29) is 0 Å². The second kappa shape index (κ2) is 7.19. The molecule has 1 aromatic rings. The second-order valence-corrected chi connectivity index (χ2v) is 4.87. The minimum atomic E-state index is -0.964. The van der Waals surface area contributed by atoms with Gasteiger partial charge in [0.1, 0.15) is 0 Å². The summed E-state index contributed by atoms with van der Waals surface area (Å²) in [5, 5.41) is 9.24. The third-order valence-electron chi connectivity index (χ3n) is 3.26. The molecule has 1 N–H and O–H groups in total. The van der Waals surface area contributed by atoms with E-state index in [1.54, 1.807) is 6.07 Å². The molecule has 0 saturated carbocycles. The number of benzene rings is 1. The SMILES string of the molecule is CCC(CC)N(C)c1ccc(/C=C/C(=O)O)cc1Cl. The van der Waals surface area contributed by atoms with Crippen LogP contribution >= 0.6 is 11.6 Å². The monoisotopic (exact) mass is 281 g/mol. The van der Waals surface area contributed by atoms with Crippen LogP contribution in [-0.2, 0) is 4.79 Å². The lowest BCUT2D eigenvalue weighted by Gasteiger charge is -2.29. The van der Waals surface area contributed by atoms with Crippen LogP contribution in [0.15, 0.2) is 24.3 Å². The zero-order chi connectivity index (χ0) is 14.4. The molecular weight excluding hydrogens is 262 g/mol. The lowest BCUT2D eigenvalue weighted by Crippen LogP contribution is -2.30. The number of carbonyl (C=O) groups is 1. The lowest BCUT2D eigenvalue weighted by atomic mass is 10.1. The van der Waals surface area contributed by atoms with E-state index in [4.69, 9.17) is 16.7 Å². The van der Waals surface area contributed by atoms with Crippen molar-refractivity contribution >= 4 is 29.3 Å². The third kappa shape index (κ3) is 4.28. The number of hydrogen-bond donors (Lipinski definition) is 1. The Morgan fingerprint density at radius 3 is 2.53 bits per heavy atom. The predicted octanol–water partition coefficient (Wildman–Crippen LogP) is 4.06. The van der Waals surface area contributed by atoms with Gasteiger partial charge in [0.2, 0.25) is 0 Å². The Morgan fingerprint density at radius 1 is 1.42 bits per heavy atom. The van der Waals surface area contributed by atoms with Gasteiger partial charge in [-0.1, -0.05) is 31.5 Å². The van der Waals surface area contributed by atoms with Crippen molar-refractivity contribution < 1.29 is 9.90 Å². The Kier molecular flexibility index (Phi) is 5.90. The predicted molar refractivity (Wildman–Crippen MR) is 80.9 cm³/mol. The fraction of sp³-hybridized carbons (Fsp3) is 0.400. The number of nitrogens with zero attached hydrogens (tertiary/aromatic N) is 1. The zero-order valence-corrected chi connectivity index (χ0v) is 12.3. The van der Waals surface area contributed by atoms with Gasteiger partial charge in [0.25, 0.3) is 0 Å². The highest BCUT2D eigenvalue weighted by molar-refractivity contribution is 6.33. The molecule has 0 fully saturated rings. The Labute approximate surface area is 119 Å². The molecule has 3 nitrogen and oxygen atoms in total. The van der Waals surface area contributed by atoms with Crippen LogP contribution in [0.2, 0.25) is 5.02 Å². The van der Waals surface area contributed by atoms with Gasteiger partial charge in [-0.3, -0.25) is 0 Å². The van der Waals surface area contributed by atoms with Gasteiger partial charge in [0.05, 0.1) is 10.7 Å². The van der Waals surface area contributed by atoms with Gasteiger partial charge in [0, 0.05) is 19.2 Å². The van der Waals surface area contributed by atoms with Gasteiger partial charge in [-0.25, -0.2) is 4.79 Å². The molecule has 4 heteroatoms. The average molecular weight is 282 g/mol. The number of carboxylic acid groups (broad SMARTS) is 1. The molecule has 0 bridgehead atoms. The number of anilines is 1. The summed E-state index contributed by atoms with van der Waals surface area (Å²) in [6.45, 7) is 4.31. The number of carboxylic acids is 1. The van der Waals surface area contributed by atoms with E-state index in [9.17, 15) is 4.79 Å². The molecule has 0 atom stereocenters. The molecule has 0 amide bonds. The van der Waals surface area contributed by atoms with Crippen LogP contribution in [0.1, 0.15) is 32.3 Å². The number of aliphatic carboxylic acids is 1. The second-order valence-electron chi connectivity index (χ2n) is 4.46. The Bertz CT molecular complexity index is 467. The van der Waals surface area contributed by atoms with E-state index >= 15 is 0 Å². The third-order valence-corrected chi connectivity index (χ3v) is 3.56. The maximum absolute atomic E-state index is 10.5. The summed E-state index contributed by atoms with van der Waals surface area (Å²) < 4.78 is 0. The molecule has 0 spiro atoms. The van der Waals surface area contributed by atoms with Crippen LogP contribution in [0, 0.1) is 0 Å². The van der Waals surface area contributed by atoms with Crippen molar-refractivity contribution in [1.82, 2.24) is 0 Å². The fourth-order valence-electron chi connectivity index (χ4n) is 2.11. The zero-order valence-electron chi connectivity index (χ0n) is 11.6. The number of rotatable bonds is 6. The molecule has 0 aliphatic rings. The maximum Gasteiger partial charge on any atom is 0.328 e. The molecule has 1 aromatic carbocycles. The first-order chi connectivity index (χ1) is 8.99. The molecule has 0 radical (unpaired) electrons. The first-order valence-electron chi connectivity index (χ1n) is 6.43. The van der Waals surface area contributed by atoms with Gasteiger partial charge >= 0.3 is 5.97 Å². The summed E-state index contributed by atoms with van der Waals surface area (Å²) in [5.74, 6) is -0.964. The van der Waals surface area contributed by atoms with Crippen molar-refractivity contribution in [2.75, 3.05) is 11.9 Å². The molecule has 0 aliphatic carbocycles. The molecule has 0 saturated heterocycles. The van der Waals surface area contributed by atoms with Gasteiger partial charge in [-0.2, -0.15) is 0 Å². The first-order valence-corrected chi connectivity index (χ1v) is 6.80. The van der Waals surface area contributed by atoms with Crippen LogP contribution in [0.4, 0.5) is 5.69 Å². The van der Waals surface area contributed by atoms with Crippen LogP contribution in [0.3, 0.4) is 0 Å². The molecule has 0 heterocycles. The topological polar surface area (TPSA) is 40.5 Å². The lowest BCUT2D eigenvalue weighted by molar-refractivity contribution is -0.131. The highest BCUT2D eigenvalue weighted by atomic mass is 35.5. The number of hydrogen-bond acceptors (Lipinski definition) is 2. The van der Waals surface area contributed by atoms with Crippen molar-refractivity contribution in [2.24, 2.45) is 0 Å². The maximum atomic E-state index is 10.5. The van der Waals surface area contributed by atoms with Crippen LogP contribution < -0.4 is 4.90 Å². The van der Waals surface area contributed by atoms with Gasteiger partial charge in [-0.15, -0.1) is 0 Å². The summed E-state index contributed by atoms with van der Waals surface area (Å²) in [7, 11) is 2.03. The molecule has 0 aromatic heterocycles. The van der Waals surface area contributed by atoms with E-state index in [2.05, 4.69) is 18.7 Å².